The third-order valence-corrected chi connectivity index (χ3v) is 10.7. The van der Waals surface area contributed by atoms with E-state index in [0.717, 1.165) is 69.3 Å². The first-order valence-corrected chi connectivity index (χ1v) is 18.8. The number of nitrogens with one attached hydrogen (secondary N) is 1. The number of aryl methyl sites for hydroxylation is 1. The third-order valence-electron chi connectivity index (χ3n) is 9.79. The first kappa shape index (κ1) is 35.5. The molecule has 0 aliphatic carbocycles. The minimum absolute atomic E-state index is 0.0576. The van der Waals surface area contributed by atoms with Crippen LogP contribution in [0.15, 0.2) is 90.3 Å². The molecule has 0 radical (unpaired) electrons. The monoisotopic (exact) mass is 690 g/mol. The number of hydrogen-bond donors (Lipinski definition) is 3. The molecule has 5 aromatic rings. The van der Waals surface area contributed by atoms with E-state index in [1.165, 1.54) is 0 Å². The molecule has 1 saturated heterocycles. The van der Waals surface area contributed by atoms with Crippen LogP contribution >= 0.6 is 11.3 Å². The summed E-state index contributed by atoms with van der Waals surface area (Å²) >= 11 is 1.59. The van der Waals surface area contributed by atoms with E-state index in [2.05, 4.69) is 84.8 Å². The molecule has 2 heterocycles. The molecule has 0 bridgehead atoms. The second-order valence-electron chi connectivity index (χ2n) is 14.3. The topological polar surface area (TPSA) is 118 Å². The summed E-state index contributed by atoms with van der Waals surface area (Å²) in [5, 5.41) is 10.9. The fourth-order valence-corrected chi connectivity index (χ4v) is 8.01. The van der Waals surface area contributed by atoms with Gasteiger partial charge < -0.3 is 26.6 Å². The van der Waals surface area contributed by atoms with Crippen molar-refractivity contribution in [2.24, 2.45) is 17.4 Å². The summed E-state index contributed by atoms with van der Waals surface area (Å²) in [6, 6.07) is 27.3. The highest BCUT2D eigenvalue weighted by Gasteiger charge is 2.40. The number of fused-ring (bicyclic) bond motifs is 2. The average Bonchev–Trinajstić information content (AvgIpc) is 3.53. The maximum atomic E-state index is 14.3. The first-order chi connectivity index (χ1) is 24.1. The van der Waals surface area contributed by atoms with E-state index in [-0.39, 0.29) is 23.9 Å². The average molecular weight is 691 g/mol. The molecule has 2 amide bonds. The van der Waals surface area contributed by atoms with Gasteiger partial charge in [0, 0.05) is 37.1 Å². The van der Waals surface area contributed by atoms with Gasteiger partial charge in [-0.15, -0.1) is 11.3 Å². The Labute approximate surface area is 299 Å². The fourth-order valence-electron chi connectivity index (χ4n) is 7.29. The van der Waals surface area contributed by atoms with Crippen LogP contribution in [0.3, 0.4) is 0 Å². The Hall–Kier alpha value is -4.31. The van der Waals surface area contributed by atoms with Crippen molar-refractivity contribution in [3.63, 3.8) is 0 Å². The zero-order valence-electron chi connectivity index (χ0n) is 29.4. The first-order valence-electron chi connectivity index (χ1n) is 17.9. The second kappa shape index (κ2) is 16.1. The van der Waals surface area contributed by atoms with Crippen LogP contribution in [0.4, 0.5) is 5.13 Å². The predicted octanol–water partition coefficient (Wildman–Crippen LogP) is 6.54. The molecule has 1 aromatic heterocycles. The summed E-state index contributed by atoms with van der Waals surface area (Å²) in [7, 11) is 0. The fraction of sp³-hybridized carbons (Fsp3) is 0.390. The number of anilines is 1. The van der Waals surface area contributed by atoms with Crippen molar-refractivity contribution in [3.05, 3.63) is 107 Å². The van der Waals surface area contributed by atoms with Crippen LogP contribution in [-0.4, -0.2) is 70.4 Å². The summed E-state index contributed by atoms with van der Waals surface area (Å²) < 4.78 is 0. The minimum Gasteiger partial charge on any atom is -0.362 e. The Balaban J connectivity index is 1.20. The van der Waals surface area contributed by atoms with Crippen LogP contribution in [-0.2, 0) is 22.4 Å². The van der Waals surface area contributed by atoms with Gasteiger partial charge in [-0.05, 0) is 77.6 Å². The quantitative estimate of drug-likeness (QED) is 0.121. The lowest BCUT2D eigenvalue weighted by Gasteiger charge is -2.48. The number of thiazole rings is 1. The van der Waals surface area contributed by atoms with Gasteiger partial charge in [0.1, 0.15) is 0 Å². The summed E-state index contributed by atoms with van der Waals surface area (Å²) in [6.45, 7) is 7.91. The van der Waals surface area contributed by atoms with Gasteiger partial charge in [-0.2, -0.15) is 0 Å². The molecule has 5 N–H and O–H groups in total. The standard InChI is InChI=1S/C41H50N6O2S/c1-27(2)19-36-25-46(39(48)37(42)22-29-14-16-31-9-4-6-11-33(31)20-29)35(13-8-18-44-41-45-28(3)26-50-41)24-47(36)40(49)38(43)23-30-15-17-32-10-5-7-12-34(32)21-30/h4-7,9-12,14-17,20-21,26-27,35-38H,8,13,18-19,22-25,42-43H2,1-3H3,(H,44,45). The van der Waals surface area contributed by atoms with Gasteiger partial charge in [0.05, 0.1) is 17.8 Å². The Morgan fingerprint density at radius 2 is 1.32 bits per heavy atom. The van der Waals surface area contributed by atoms with E-state index in [4.69, 9.17) is 11.5 Å². The van der Waals surface area contributed by atoms with Gasteiger partial charge >= 0.3 is 0 Å². The van der Waals surface area contributed by atoms with Crippen molar-refractivity contribution in [1.82, 2.24) is 14.8 Å². The molecule has 50 heavy (non-hydrogen) atoms. The number of nitrogens with zero attached hydrogens (tertiary/aromatic N) is 3. The number of carbonyl (C=O) groups excluding carboxylic acids is 2. The molecule has 0 spiro atoms. The van der Waals surface area contributed by atoms with Gasteiger partial charge in [-0.25, -0.2) is 4.98 Å². The largest absolute Gasteiger partial charge is 0.362 e. The zero-order valence-corrected chi connectivity index (χ0v) is 30.2. The molecule has 4 atom stereocenters. The molecule has 1 aliphatic rings. The van der Waals surface area contributed by atoms with Crippen molar-refractivity contribution < 1.29 is 9.59 Å². The number of amides is 2. The van der Waals surface area contributed by atoms with E-state index in [1.54, 1.807) is 11.3 Å². The molecule has 1 aliphatic heterocycles. The minimum atomic E-state index is -0.688. The summed E-state index contributed by atoms with van der Waals surface area (Å²) in [6.07, 6.45) is 3.22. The predicted molar refractivity (Wildman–Crippen MR) is 206 cm³/mol. The number of aromatic nitrogens is 1. The molecule has 0 saturated carbocycles. The van der Waals surface area contributed by atoms with Gasteiger partial charge in [0.15, 0.2) is 5.13 Å². The van der Waals surface area contributed by atoms with E-state index < -0.39 is 12.1 Å². The highest BCUT2D eigenvalue weighted by Crippen LogP contribution is 2.27. The molecular weight excluding hydrogens is 641 g/mol. The van der Waals surface area contributed by atoms with Crippen LogP contribution in [0, 0.1) is 12.8 Å². The van der Waals surface area contributed by atoms with Crippen molar-refractivity contribution in [2.75, 3.05) is 25.0 Å². The lowest BCUT2D eigenvalue weighted by molar-refractivity contribution is -0.149. The van der Waals surface area contributed by atoms with Crippen LogP contribution in [0.2, 0.25) is 0 Å². The van der Waals surface area contributed by atoms with Gasteiger partial charge in [-0.1, -0.05) is 98.8 Å². The second-order valence-corrected chi connectivity index (χ2v) is 15.1. The van der Waals surface area contributed by atoms with Crippen LogP contribution in [0.25, 0.3) is 21.5 Å². The van der Waals surface area contributed by atoms with Gasteiger partial charge in [-0.3, -0.25) is 9.59 Å². The summed E-state index contributed by atoms with van der Waals surface area (Å²) in [4.78, 5) is 37.0. The highest BCUT2D eigenvalue weighted by atomic mass is 32.1. The molecule has 6 rings (SSSR count). The third kappa shape index (κ3) is 8.70. The SMILES string of the molecule is Cc1csc(NCCCC2CN(C(=O)C(N)Cc3ccc4ccccc4c3)C(CC(C)C)CN2C(=O)C(N)Cc2ccc3ccccc3c2)n1. The zero-order chi connectivity index (χ0) is 35.2. The molecule has 4 unspecified atom stereocenters. The number of hydrogen-bond acceptors (Lipinski definition) is 7. The van der Waals surface area contributed by atoms with Crippen molar-refractivity contribution in [3.8, 4) is 0 Å². The molecule has 1 fully saturated rings. The van der Waals surface area contributed by atoms with Crippen molar-refractivity contribution in [1.29, 1.82) is 0 Å². The normalized spacial score (nSPS) is 17.7. The number of benzene rings is 4. The number of piperazine rings is 1. The molecule has 4 aromatic carbocycles. The van der Waals surface area contributed by atoms with E-state index in [0.29, 0.717) is 31.8 Å². The molecule has 262 valence electrons. The van der Waals surface area contributed by atoms with Crippen molar-refractivity contribution >= 4 is 49.8 Å². The Morgan fingerprint density at radius 1 is 0.800 bits per heavy atom. The van der Waals surface area contributed by atoms with Crippen molar-refractivity contribution in [2.45, 2.75) is 77.0 Å². The van der Waals surface area contributed by atoms with E-state index >= 15 is 0 Å². The highest BCUT2D eigenvalue weighted by molar-refractivity contribution is 7.13. The molecular formula is C41H50N6O2S. The van der Waals surface area contributed by atoms with Crippen LogP contribution in [0.5, 0.6) is 0 Å². The van der Waals surface area contributed by atoms with E-state index in [1.807, 2.05) is 46.4 Å². The van der Waals surface area contributed by atoms with Gasteiger partial charge in [0.25, 0.3) is 0 Å². The number of nitrogens with two attached hydrogens (primary N) is 2. The van der Waals surface area contributed by atoms with Gasteiger partial charge in [0.2, 0.25) is 11.8 Å². The number of carbonyl (C=O) groups is 2. The Morgan fingerprint density at radius 3 is 1.84 bits per heavy atom. The summed E-state index contributed by atoms with van der Waals surface area (Å²) in [5.41, 5.74) is 16.5. The Bertz CT molecular complexity index is 1920. The Kier molecular flexibility index (Phi) is 11.5. The lowest BCUT2D eigenvalue weighted by Crippen LogP contribution is -2.65. The lowest BCUT2D eigenvalue weighted by atomic mass is 9.93. The smallest absolute Gasteiger partial charge is 0.240 e. The molecule has 9 heteroatoms. The number of rotatable bonds is 13. The summed E-state index contributed by atoms with van der Waals surface area (Å²) in [5.74, 6) is 0.212. The molecule has 8 nitrogen and oxygen atoms in total. The van der Waals surface area contributed by atoms with E-state index in [9.17, 15) is 9.59 Å². The van der Waals surface area contributed by atoms with Crippen LogP contribution in [0.1, 0.15) is 49.9 Å². The maximum Gasteiger partial charge on any atom is 0.240 e. The maximum absolute atomic E-state index is 14.3. The van der Waals surface area contributed by atoms with Crippen LogP contribution < -0.4 is 16.8 Å².